The van der Waals surface area contributed by atoms with Crippen LogP contribution in [-0.2, 0) is 0 Å². The zero-order chi connectivity index (χ0) is 24.5. The molecule has 0 spiro atoms. The number of pyridine rings is 2. The van der Waals surface area contributed by atoms with Crippen molar-refractivity contribution in [3.05, 3.63) is 78.5 Å². The van der Waals surface area contributed by atoms with E-state index in [-0.39, 0.29) is 47.5 Å². The van der Waals surface area contributed by atoms with Gasteiger partial charge in [0, 0.05) is 28.2 Å². The van der Waals surface area contributed by atoms with Crippen LogP contribution in [0.15, 0.2) is 48.5 Å². The second kappa shape index (κ2) is 13.7. The first-order chi connectivity index (χ1) is 17.1. The molecule has 2 aromatic heterocycles. The number of carbonyl (C=O) groups is 1. The monoisotopic (exact) mass is 588 g/mol. The Morgan fingerprint density at radius 2 is 1.29 bits per heavy atom. The maximum absolute atomic E-state index is 11.3. The minimum absolute atomic E-state index is 0. The van der Waals surface area contributed by atoms with E-state index in [1.54, 1.807) is 21.1 Å². The Morgan fingerprint density at radius 1 is 0.842 bits per heavy atom. The molecule has 2 saturated carbocycles. The Labute approximate surface area is 251 Å². The minimum Gasteiger partial charge on any atom is -1.00 e. The number of fused-ring (bicyclic) bond motifs is 2. The minimum atomic E-state index is -0.551. The molecule has 2 fully saturated rings. The van der Waals surface area contributed by atoms with E-state index in [1.807, 2.05) is 48.5 Å². The molecular formula is C30H33BrMgN2O4. The van der Waals surface area contributed by atoms with Gasteiger partial charge in [0.2, 0.25) is 0 Å². The van der Waals surface area contributed by atoms with Crippen molar-refractivity contribution in [2.24, 2.45) is 0 Å². The van der Waals surface area contributed by atoms with Crippen LogP contribution in [0.2, 0.25) is 0 Å². The number of ether oxygens (including phenoxy) is 2. The first kappa shape index (κ1) is 32.0. The quantitative estimate of drug-likeness (QED) is 0.211. The standard InChI is InChI=1S/C15H17NO2.C14H13NO2.CH3.BrH.Mg/c1-9(17)13-11-5-3-4-6-12(11)16-14(10-7-8-10)15(13)18-2;1-17-14-11(8-16)10-4-2-3-5-12(10)15-13(14)9-6-7-9;;;/h3-6,9-10,17H,7-8H2,1-2H3;2-5,8-9H,6-7H2,1H3;1H3;1H;/q;;-1;;+2/p-1. The molecule has 8 heteroatoms. The molecule has 1 atom stereocenters. The third-order valence-corrected chi connectivity index (χ3v) is 6.70. The van der Waals surface area contributed by atoms with Crippen LogP contribution in [0, 0.1) is 7.43 Å². The van der Waals surface area contributed by atoms with E-state index in [9.17, 15) is 9.90 Å². The topological polar surface area (TPSA) is 81.5 Å². The first-order valence-corrected chi connectivity index (χ1v) is 12.1. The maximum atomic E-state index is 11.3. The Morgan fingerprint density at radius 3 is 1.74 bits per heavy atom. The first-order valence-electron chi connectivity index (χ1n) is 12.1. The van der Waals surface area contributed by atoms with Crippen molar-refractivity contribution in [3.8, 4) is 11.5 Å². The third-order valence-electron chi connectivity index (χ3n) is 6.70. The zero-order valence-corrected chi connectivity index (χ0v) is 25.4. The summed E-state index contributed by atoms with van der Waals surface area (Å²) >= 11 is 0. The van der Waals surface area contributed by atoms with Crippen LogP contribution in [0.1, 0.15) is 77.9 Å². The largest absolute Gasteiger partial charge is 2.00 e. The molecule has 38 heavy (non-hydrogen) atoms. The Kier molecular flexibility index (Phi) is 11.5. The van der Waals surface area contributed by atoms with E-state index in [4.69, 9.17) is 14.5 Å². The Balaban J connectivity index is 0.000000248. The molecule has 2 aliphatic rings. The van der Waals surface area contributed by atoms with Gasteiger partial charge in [-0.2, -0.15) is 0 Å². The van der Waals surface area contributed by atoms with Gasteiger partial charge in [0.05, 0.1) is 48.3 Å². The normalized spacial score (nSPS) is 14.6. The van der Waals surface area contributed by atoms with Gasteiger partial charge >= 0.3 is 23.1 Å². The second-order valence-corrected chi connectivity index (χ2v) is 9.26. The number of aromatic nitrogens is 2. The summed E-state index contributed by atoms with van der Waals surface area (Å²) < 4.78 is 10.9. The van der Waals surface area contributed by atoms with Gasteiger partial charge in [0.15, 0.2) is 12.0 Å². The van der Waals surface area contributed by atoms with Crippen LogP contribution in [0.3, 0.4) is 0 Å². The summed E-state index contributed by atoms with van der Waals surface area (Å²) in [7, 11) is 3.26. The van der Waals surface area contributed by atoms with Crippen molar-refractivity contribution >= 4 is 51.1 Å². The summed E-state index contributed by atoms with van der Waals surface area (Å²) in [5.74, 6) is 2.39. The summed E-state index contributed by atoms with van der Waals surface area (Å²) in [6.07, 6.45) is 4.93. The summed E-state index contributed by atoms with van der Waals surface area (Å²) in [5.41, 5.74) is 5.25. The van der Waals surface area contributed by atoms with Crippen molar-refractivity contribution in [1.82, 2.24) is 9.97 Å². The molecule has 6 nitrogen and oxygen atoms in total. The number of aliphatic hydroxyl groups excluding tert-OH is 1. The Hall–Kier alpha value is -2.26. The van der Waals surface area contributed by atoms with Crippen LogP contribution >= 0.6 is 0 Å². The molecule has 0 saturated heterocycles. The van der Waals surface area contributed by atoms with E-state index >= 15 is 0 Å². The van der Waals surface area contributed by atoms with Gasteiger partial charge in [0.1, 0.15) is 5.75 Å². The molecule has 2 aliphatic carbocycles. The van der Waals surface area contributed by atoms with Gasteiger partial charge in [-0.15, -0.1) is 0 Å². The molecule has 0 aliphatic heterocycles. The predicted molar refractivity (Wildman–Crippen MR) is 149 cm³/mol. The van der Waals surface area contributed by atoms with Crippen LogP contribution in [0.5, 0.6) is 11.5 Å². The van der Waals surface area contributed by atoms with Crippen molar-refractivity contribution in [3.63, 3.8) is 0 Å². The van der Waals surface area contributed by atoms with E-state index in [0.29, 0.717) is 23.1 Å². The number of hydrogen-bond donors (Lipinski definition) is 1. The second-order valence-electron chi connectivity index (χ2n) is 9.26. The molecule has 196 valence electrons. The molecule has 0 amide bonds. The number of para-hydroxylation sites is 2. The number of hydrogen-bond acceptors (Lipinski definition) is 6. The molecule has 2 aromatic carbocycles. The van der Waals surface area contributed by atoms with E-state index < -0.39 is 6.10 Å². The summed E-state index contributed by atoms with van der Waals surface area (Å²) in [4.78, 5) is 20.6. The number of carbonyl (C=O) groups excluding carboxylic acids is 1. The number of rotatable bonds is 6. The predicted octanol–water partition coefficient (Wildman–Crippen LogP) is 3.18. The van der Waals surface area contributed by atoms with Crippen LogP contribution in [-0.4, -0.2) is 58.6 Å². The zero-order valence-electron chi connectivity index (χ0n) is 22.4. The average Bonchev–Trinajstić information content (AvgIpc) is 3.79. The SMILES string of the molecule is COc1c(C2CC2)nc2ccccc2c1C(C)O.COc1c(C2CC2)nc2ccccc2c1C=O.[Br-].[CH3-].[Mg+2]. The molecular weight excluding hydrogens is 557 g/mol. The fourth-order valence-corrected chi connectivity index (χ4v) is 4.71. The van der Waals surface area contributed by atoms with Gasteiger partial charge in [-0.3, -0.25) is 4.79 Å². The van der Waals surface area contributed by atoms with Gasteiger partial charge in [0.25, 0.3) is 0 Å². The molecule has 4 aromatic rings. The molecule has 0 bridgehead atoms. The average molecular weight is 590 g/mol. The molecule has 0 radical (unpaired) electrons. The van der Waals surface area contributed by atoms with Gasteiger partial charge < -0.3 is 39.0 Å². The number of halogens is 1. The molecule has 2 heterocycles. The van der Waals surface area contributed by atoms with E-state index in [0.717, 1.165) is 63.6 Å². The number of aliphatic hydroxyl groups is 1. The van der Waals surface area contributed by atoms with E-state index in [1.165, 1.54) is 12.8 Å². The number of aldehydes is 1. The van der Waals surface area contributed by atoms with E-state index in [2.05, 4.69) is 4.98 Å². The number of benzene rings is 2. The summed E-state index contributed by atoms with van der Waals surface area (Å²) in [6.45, 7) is 1.78. The van der Waals surface area contributed by atoms with Crippen LogP contribution in [0.4, 0.5) is 0 Å². The maximum Gasteiger partial charge on any atom is 2.00 e. The van der Waals surface area contributed by atoms with Crippen molar-refractivity contribution < 1.29 is 36.4 Å². The third kappa shape index (κ3) is 6.30. The molecule has 6 rings (SSSR count). The summed E-state index contributed by atoms with van der Waals surface area (Å²) in [6, 6.07) is 15.6. The van der Waals surface area contributed by atoms with Crippen LogP contribution < -0.4 is 26.5 Å². The summed E-state index contributed by atoms with van der Waals surface area (Å²) in [5, 5.41) is 11.9. The van der Waals surface area contributed by atoms with Crippen molar-refractivity contribution in [2.75, 3.05) is 14.2 Å². The Bertz CT molecular complexity index is 1400. The van der Waals surface area contributed by atoms with Crippen molar-refractivity contribution in [2.45, 2.75) is 50.5 Å². The molecule has 1 unspecified atom stereocenters. The smallest absolute Gasteiger partial charge is 1.00 e. The number of methoxy groups -OCH3 is 2. The van der Waals surface area contributed by atoms with Gasteiger partial charge in [-0.1, -0.05) is 36.4 Å². The van der Waals surface area contributed by atoms with Crippen LogP contribution in [0.25, 0.3) is 21.8 Å². The van der Waals surface area contributed by atoms with Gasteiger partial charge in [-0.05, 0) is 44.7 Å². The van der Waals surface area contributed by atoms with Crippen molar-refractivity contribution in [1.29, 1.82) is 0 Å². The molecule has 1 N–H and O–H groups in total. The van der Waals surface area contributed by atoms with Gasteiger partial charge in [-0.25, -0.2) is 9.97 Å². The fraction of sp³-hybridized carbons (Fsp3) is 0.333. The number of nitrogens with zero attached hydrogens (tertiary/aromatic N) is 2. The fourth-order valence-electron chi connectivity index (χ4n) is 4.71.